The second-order valence-corrected chi connectivity index (χ2v) is 9.68. The van der Waals surface area contributed by atoms with Gasteiger partial charge in [-0.25, -0.2) is 4.98 Å². The topological polar surface area (TPSA) is 38.1 Å². The zero-order valence-corrected chi connectivity index (χ0v) is 19.6. The van der Waals surface area contributed by atoms with Crippen molar-refractivity contribution in [1.82, 2.24) is 9.55 Å². The van der Waals surface area contributed by atoms with Crippen LogP contribution < -0.4 is 0 Å². The van der Waals surface area contributed by atoms with Crippen LogP contribution in [0.3, 0.4) is 0 Å². The predicted octanol–water partition coefficient (Wildman–Crippen LogP) is 6.56. The molecule has 1 N–H and O–H groups in total. The van der Waals surface area contributed by atoms with Gasteiger partial charge in [0.25, 0.3) is 0 Å². The first-order chi connectivity index (χ1) is 16.1. The number of hydrogen-bond donors (Lipinski definition) is 1. The van der Waals surface area contributed by atoms with E-state index >= 15 is 0 Å². The summed E-state index contributed by atoms with van der Waals surface area (Å²) in [6.45, 7) is 4.15. The average Bonchev–Trinajstić information content (AvgIpc) is 3.44. The molecule has 0 saturated carbocycles. The van der Waals surface area contributed by atoms with Crippen LogP contribution in [0.25, 0.3) is 11.4 Å². The Labute approximate surface area is 198 Å². The molecule has 4 heteroatoms. The second-order valence-electron chi connectivity index (χ2n) is 8.22. The van der Waals surface area contributed by atoms with Crippen LogP contribution in [-0.4, -0.2) is 14.7 Å². The van der Waals surface area contributed by atoms with Gasteiger partial charge in [-0.05, 0) is 36.6 Å². The molecule has 5 rings (SSSR count). The number of hydrogen-bond acceptors (Lipinski definition) is 3. The van der Waals surface area contributed by atoms with E-state index in [1.165, 1.54) is 9.75 Å². The van der Waals surface area contributed by atoms with E-state index in [2.05, 4.69) is 97.3 Å². The fourth-order valence-electron chi connectivity index (χ4n) is 4.76. The lowest BCUT2D eigenvalue weighted by molar-refractivity contribution is 0.277. The molecule has 3 aromatic carbocycles. The van der Waals surface area contributed by atoms with Crippen LogP contribution in [0.1, 0.15) is 32.1 Å². The van der Waals surface area contributed by atoms with Gasteiger partial charge in [-0.3, -0.25) is 0 Å². The van der Waals surface area contributed by atoms with E-state index in [0.29, 0.717) is 5.69 Å². The maximum absolute atomic E-state index is 10.1. The van der Waals surface area contributed by atoms with Gasteiger partial charge in [0.2, 0.25) is 0 Å². The van der Waals surface area contributed by atoms with E-state index in [-0.39, 0.29) is 6.61 Å². The molecule has 3 nitrogen and oxygen atoms in total. The monoisotopic (exact) mass is 450 g/mol. The largest absolute Gasteiger partial charge is 0.390 e. The van der Waals surface area contributed by atoms with Gasteiger partial charge in [0.15, 0.2) is 0 Å². The molecule has 0 spiro atoms. The minimum atomic E-state index is -0.665. The lowest BCUT2D eigenvalue weighted by Gasteiger charge is -2.38. The molecule has 0 bridgehead atoms. The minimum absolute atomic E-state index is 0.114. The van der Waals surface area contributed by atoms with Gasteiger partial charge in [-0.2, -0.15) is 0 Å². The van der Waals surface area contributed by atoms with Crippen molar-refractivity contribution in [1.29, 1.82) is 0 Å². The first-order valence-electron chi connectivity index (χ1n) is 11.1. The predicted molar refractivity (Wildman–Crippen MR) is 136 cm³/mol. The summed E-state index contributed by atoms with van der Waals surface area (Å²) in [4.78, 5) is 7.39. The molecule has 164 valence electrons. The molecular weight excluding hydrogens is 424 g/mol. The number of rotatable bonds is 6. The fourth-order valence-corrected chi connectivity index (χ4v) is 5.68. The Morgan fingerprint density at radius 1 is 0.788 bits per heavy atom. The van der Waals surface area contributed by atoms with Crippen molar-refractivity contribution in [2.75, 3.05) is 0 Å². The minimum Gasteiger partial charge on any atom is -0.390 e. The Morgan fingerprint density at radius 2 is 1.27 bits per heavy atom. The number of thiophene rings is 1. The summed E-state index contributed by atoms with van der Waals surface area (Å²) < 4.78 is 2.26. The molecule has 33 heavy (non-hydrogen) atoms. The highest BCUT2D eigenvalue weighted by atomic mass is 32.1. The number of aliphatic hydroxyl groups is 1. The number of nitrogens with zero attached hydrogens (tertiary/aromatic N) is 2. The summed E-state index contributed by atoms with van der Waals surface area (Å²) in [7, 11) is 0. The van der Waals surface area contributed by atoms with Gasteiger partial charge in [0.1, 0.15) is 11.4 Å². The zero-order chi connectivity index (χ0) is 22.8. The van der Waals surface area contributed by atoms with Crippen LogP contribution >= 0.6 is 11.3 Å². The lowest BCUT2D eigenvalue weighted by Crippen LogP contribution is -2.38. The van der Waals surface area contributed by atoms with Crippen molar-refractivity contribution in [2.45, 2.75) is 26.0 Å². The second kappa shape index (κ2) is 8.81. The van der Waals surface area contributed by atoms with E-state index in [0.717, 1.165) is 28.1 Å². The van der Waals surface area contributed by atoms with Gasteiger partial charge >= 0.3 is 0 Å². The Hall–Kier alpha value is -3.47. The molecular formula is C29H26N2OS. The van der Waals surface area contributed by atoms with E-state index in [1.807, 2.05) is 24.4 Å². The molecule has 0 aliphatic rings. The van der Waals surface area contributed by atoms with Gasteiger partial charge in [-0.1, -0.05) is 91.0 Å². The third-order valence-electron chi connectivity index (χ3n) is 6.14. The molecule has 0 radical (unpaired) electrons. The number of aromatic nitrogens is 2. The van der Waals surface area contributed by atoms with E-state index in [4.69, 9.17) is 4.98 Å². The highest BCUT2D eigenvalue weighted by molar-refractivity contribution is 7.12. The highest BCUT2D eigenvalue weighted by Crippen LogP contribution is 2.44. The molecule has 0 unspecified atom stereocenters. The maximum Gasteiger partial charge on any atom is 0.142 e. The SMILES string of the molecule is Cc1cc(-c2nc(CO)cn2C(c2ccccc2)(c2ccccc2)c2ccccc2)c(C)s1. The summed E-state index contributed by atoms with van der Waals surface area (Å²) in [5.74, 6) is 0.859. The van der Waals surface area contributed by atoms with Gasteiger partial charge in [0.05, 0.1) is 12.3 Å². The number of benzene rings is 3. The van der Waals surface area contributed by atoms with Gasteiger partial charge < -0.3 is 9.67 Å². The first-order valence-corrected chi connectivity index (χ1v) is 11.9. The highest BCUT2D eigenvalue weighted by Gasteiger charge is 2.40. The molecule has 0 atom stereocenters. The summed E-state index contributed by atoms with van der Waals surface area (Å²) in [6.07, 6.45) is 2.01. The Morgan fingerprint density at radius 3 is 1.67 bits per heavy atom. The molecule has 2 heterocycles. The van der Waals surface area contributed by atoms with Gasteiger partial charge in [-0.15, -0.1) is 11.3 Å². The van der Waals surface area contributed by atoms with Crippen molar-refractivity contribution in [2.24, 2.45) is 0 Å². The van der Waals surface area contributed by atoms with Crippen molar-refractivity contribution < 1.29 is 5.11 Å². The standard InChI is InChI=1S/C29H26N2OS/c1-21-18-27(22(2)33-21)28-30-26(20-32)19-31(28)29(23-12-6-3-7-13-23,24-14-8-4-9-15-24)25-16-10-5-11-17-25/h3-19,32H,20H2,1-2H3. The van der Waals surface area contributed by atoms with Gasteiger partial charge in [0, 0.05) is 21.5 Å². The van der Waals surface area contributed by atoms with E-state index in [1.54, 1.807) is 11.3 Å². The average molecular weight is 451 g/mol. The Balaban J connectivity index is 1.95. The lowest BCUT2D eigenvalue weighted by atomic mass is 9.76. The van der Waals surface area contributed by atoms with Crippen LogP contribution in [0.2, 0.25) is 0 Å². The summed E-state index contributed by atoms with van der Waals surface area (Å²) >= 11 is 1.77. The normalized spacial score (nSPS) is 11.6. The summed E-state index contributed by atoms with van der Waals surface area (Å²) in [6, 6.07) is 33.9. The molecule has 5 aromatic rings. The van der Waals surface area contributed by atoms with E-state index < -0.39 is 5.54 Å². The van der Waals surface area contributed by atoms with Crippen LogP contribution in [-0.2, 0) is 12.1 Å². The number of aliphatic hydroxyl groups excluding tert-OH is 1. The smallest absolute Gasteiger partial charge is 0.142 e. The molecule has 0 aliphatic heterocycles. The van der Waals surface area contributed by atoms with Crippen molar-refractivity contribution in [3.63, 3.8) is 0 Å². The third kappa shape index (κ3) is 3.62. The van der Waals surface area contributed by atoms with Crippen molar-refractivity contribution in [3.05, 3.63) is 135 Å². The zero-order valence-electron chi connectivity index (χ0n) is 18.8. The van der Waals surface area contributed by atoms with Crippen LogP contribution in [0.15, 0.2) is 103 Å². The molecule has 0 aliphatic carbocycles. The fraction of sp³-hybridized carbons (Fsp3) is 0.138. The molecule has 0 amide bonds. The van der Waals surface area contributed by atoms with Crippen LogP contribution in [0.4, 0.5) is 0 Å². The molecule has 0 saturated heterocycles. The first kappa shape index (κ1) is 21.4. The number of aryl methyl sites for hydroxylation is 2. The molecule has 2 aromatic heterocycles. The van der Waals surface area contributed by atoms with E-state index in [9.17, 15) is 5.11 Å². The maximum atomic E-state index is 10.1. The summed E-state index contributed by atoms with van der Waals surface area (Å²) in [5, 5.41) is 10.1. The summed E-state index contributed by atoms with van der Waals surface area (Å²) in [5.41, 5.74) is 4.49. The van der Waals surface area contributed by atoms with Crippen LogP contribution in [0, 0.1) is 13.8 Å². The molecule has 0 fully saturated rings. The third-order valence-corrected chi connectivity index (χ3v) is 7.10. The van der Waals surface area contributed by atoms with Crippen molar-refractivity contribution in [3.8, 4) is 11.4 Å². The van der Waals surface area contributed by atoms with Crippen molar-refractivity contribution >= 4 is 11.3 Å². The Bertz CT molecular complexity index is 1260. The number of imidazole rings is 1. The van der Waals surface area contributed by atoms with Crippen LogP contribution in [0.5, 0.6) is 0 Å². The Kier molecular flexibility index (Phi) is 5.71. The quantitative estimate of drug-likeness (QED) is 0.298.